The number of benzene rings is 3. The molecule has 1 saturated heterocycles. The summed E-state index contributed by atoms with van der Waals surface area (Å²) in [6.07, 6.45) is 2.56. The third-order valence-corrected chi connectivity index (χ3v) is 17.5. The van der Waals surface area contributed by atoms with Crippen LogP contribution >= 0.6 is 0 Å². The molecule has 1 aliphatic rings. The van der Waals surface area contributed by atoms with E-state index in [1.54, 1.807) is 0 Å². The van der Waals surface area contributed by atoms with Gasteiger partial charge in [0.1, 0.15) is 8.96 Å². The van der Waals surface area contributed by atoms with Crippen LogP contribution in [0, 0.1) is 0 Å². The molecule has 0 spiro atoms. The molecule has 0 amide bonds. The molecule has 1 N–H and O–H groups in total. The molecule has 1 aliphatic heterocycles. The first-order valence-corrected chi connectivity index (χ1v) is 31.0. The number of hydrogen-bond acceptors (Lipinski definition) is 3. The molecular formula is C43H75N4OSi4Y-2. The zero-order valence-corrected chi connectivity index (χ0v) is 43.9. The maximum absolute atomic E-state index is 5.32. The Bertz CT molecular complexity index is 1340. The Morgan fingerprint density at radius 2 is 1.06 bits per heavy atom. The van der Waals surface area contributed by atoms with Crippen LogP contribution < -0.4 is 4.65 Å². The number of nitrogens with zero attached hydrogens (tertiary/aromatic N) is 3. The molecule has 0 aliphatic carbocycles. The number of nitrogens with one attached hydrogen (secondary N) is 1. The van der Waals surface area contributed by atoms with E-state index < -0.39 is 26.9 Å². The van der Waals surface area contributed by atoms with Gasteiger partial charge in [-0.2, -0.15) is 0 Å². The van der Waals surface area contributed by atoms with Gasteiger partial charge in [-0.05, 0) is 75.7 Å². The molecule has 5 nitrogen and oxygen atoms in total. The molecular weight excluding hydrogens is 790 g/mol. The van der Waals surface area contributed by atoms with Crippen molar-refractivity contribution in [2.45, 2.75) is 144 Å². The van der Waals surface area contributed by atoms with Gasteiger partial charge >= 0.3 is 0 Å². The first-order valence-electron chi connectivity index (χ1n) is 19.9. The molecule has 294 valence electrons. The molecule has 0 bridgehead atoms. The van der Waals surface area contributed by atoms with E-state index in [4.69, 9.17) is 15.0 Å². The van der Waals surface area contributed by atoms with Gasteiger partial charge in [-0.1, -0.05) is 198 Å². The Morgan fingerprint density at radius 1 is 0.642 bits per heavy atom. The summed E-state index contributed by atoms with van der Waals surface area (Å²) in [6.45, 7) is 38.2. The van der Waals surface area contributed by atoms with E-state index in [1.165, 1.54) is 35.1 Å². The smallest absolute Gasteiger partial charge is 0.119 e. The maximum atomic E-state index is 5.32. The molecule has 0 saturated carbocycles. The number of aliphatic imine (C=N–C) groups is 1. The molecule has 0 aromatic heterocycles. The topological polar surface area (TPSA) is 61.8 Å². The van der Waals surface area contributed by atoms with Crippen LogP contribution in [0.1, 0.15) is 120 Å². The van der Waals surface area contributed by atoms with Gasteiger partial charge in [-0.15, -0.1) is 0 Å². The Morgan fingerprint density at radius 3 is 1.34 bits per heavy atom. The zero-order valence-electron chi connectivity index (χ0n) is 36.5. The largest absolute Gasteiger partial charge is 0.672 e. The number of amidine groups is 1. The number of hydrogen-bond donors (Lipinski definition) is 1. The summed E-state index contributed by atoms with van der Waals surface area (Å²) in [7, 11) is -1.64. The maximum Gasteiger partial charge on any atom is 0.119 e. The normalized spacial score (nSPS) is 12.9. The Balaban J connectivity index is 0.00000110. The monoisotopic (exact) mass is 864 g/mol. The van der Waals surface area contributed by atoms with Crippen molar-refractivity contribution in [1.29, 1.82) is 0 Å². The van der Waals surface area contributed by atoms with Gasteiger partial charge in [0.2, 0.25) is 0 Å². The second-order valence-electron chi connectivity index (χ2n) is 16.1. The summed E-state index contributed by atoms with van der Waals surface area (Å²) in [5, 5.41) is 5.32. The molecule has 2 radical (unpaired) electrons. The third-order valence-electron chi connectivity index (χ3n) is 8.15. The van der Waals surface area contributed by atoms with Crippen molar-refractivity contribution in [3.05, 3.63) is 105 Å². The van der Waals surface area contributed by atoms with Crippen molar-refractivity contribution in [3.8, 4) is 0 Å². The summed E-state index contributed by atoms with van der Waals surface area (Å²) in [6, 6.07) is 23.6. The molecule has 1 fully saturated rings. The van der Waals surface area contributed by atoms with Gasteiger partial charge in [0.05, 0.1) is 8.96 Å². The number of ether oxygens (including phenoxy) is 1. The Labute approximate surface area is 359 Å². The van der Waals surface area contributed by atoms with E-state index in [2.05, 4.69) is 178 Å². The van der Waals surface area contributed by atoms with Crippen LogP contribution in [-0.4, -0.2) is 54.9 Å². The van der Waals surface area contributed by atoms with Crippen LogP contribution in [0.2, 0.25) is 52.4 Å². The fourth-order valence-electron chi connectivity index (χ4n) is 5.92. The average molecular weight is 865 g/mol. The van der Waals surface area contributed by atoms with Gasteiger partial charge in [0.25, 0.3) is 0 Å². The number of para-hydroxylation sites is 2. The summed E-state index contributed by atoms with van der Waals surface area (Å²) >= 11 is 0. The van der Waals surface area contributed by atoms with Gasteiger partial charge in [-0.25, -0.2) is 0 Å². The summed E-state index contributed by atoms with van der Waals surface area (Å²) in [5.74, 6) is 2.31. The minimum absolute atomic E-state index is 0. The standard InChI is InChI=1S/C31H39N2.2C4H14NSi2.C4H8O.Y/c1-20(2)25-16-12-17-26(21(3)4)29(25)32-31(24-14-10-9-11-15-24)33-30-27(22(5)6)18-13-19-28(30)23(7)8;2*1-6(2)5-7(3)4;1-2-4-5-3-1;/h9-23H,1-8H3;6-7H,1-4H3;5-6H,1-4H3;1-4H2;/q2*-1;;;. The van der Waals surface area contributed by atoms with Crippen molar-refractivity contribution in [2.75, 3.05) is 13.2 Å². The Kier molecular flexibility index (Phi) is 27.8. The summed E-state index contributed by atoms with van der Waals surface area (Å²) in [5.41, 5.74) is 8.25. The fourth-order valence-corrected chi connectivity index (χ4v) is 15.3. The molecule has 0 unspecified atom stereocenters. The predicted octanol–water partition coefficient (Wildman–Crippen LogP) is 12.9. The predicted molar refractivity (Wildman–Crippen MR) is 246 cm³/mol. The van der Waals surface area contributed by atoms with Gasteiger partial charge < -0.3 is 24.3 Å². The molecule has 1 heterocycles. The zero-order chi connectivity index (χ0) is 39.4. The van der Waals surface area contributed by atoms with E-state index in [0.717, 1.165) is 36.0 Å². The third kappa shape index (κ3) is 21.2. The van der Waals surface area contributed by atoms with Crippen LogP contribution in [-0.2, 0) is 37.4 Å². The quantitative estimate of drug-likeness (QED) is 0.119. The van der Waals surface area contributed by atoms with Crippen LogP contribution in [0.3, 0.4) is 0 Å². The van der Waals surface area contributed by atoms with Crippen LogP contribution in [0.4, 0.5) is 11.4 Å². The van der Waals surface area contributed by atoms with Gasteiger partial charge in [0.15, 0.2) is 0 Å². The fraction of sp³-hybridized carbons (Fsp3) is 0.558. The van der Waals surface area contributed by atoms with Crippen molar-refractivity contribution >= 4 is 53.0 Å². The SMILES string of the molecule is C1CCOC1.CC(C)c1cccc(C(C)C)c1N=C([N-]c1c(C(C)C)cccc1C(C)C)c1ccccc1.C[SiH](C)[N-][SiH](C)C.C[Si](C)N[SiH](C)C.[Y]. The van der Waals surface area contributed by atoms with Gasteiger partial charge in [-0.3, -0.25) is 0 Å². The van der Waals surface area contributed by atoms with Crippen LogP contribution in [0.5, 0.6) is 0 Å². The minimum atomic E-state index is -0.542. The molecule has 0 atom stereocenters. The van der Waals surface area contributed by atoms with E-state index in [-0.39, 0.29) is 41.7 Å². The van der Waals surface area contributed by atoms with Gasteiger partial charge in [0, 0.05) is 45.9 Å². The van der Waals surface area contributed by atoms with Crippen molar-refractivity contribution < 1.29 is 37.4 Å². The summed E-state index contributed by atoms with van der Waals surface area (Å²) < 4.78 is 13.0. The van der Waals surface area contributed by atoms with E-state index >= 15 is 0 Å². The van der Waals surface area contributed by atoms with E-state index in [1.807, 2.05) is 6.07 Å². The van der Waals surface area contributed by atoms with E-state index in [9.17, 15) is 0 Å². The molecule has 10 heteroatoms. The van der Waals surface area contributed by atoms with Crippen molar-refractivity contribution in [1.82, 2.24) is 4.65 Å². The van der Waals surface area contributed by atoms with E-state index in [0.29, 0.717) is 23.7 Å². The molecule has 53 heavy (non-hydrogen) atoms. The Hall–Kier alpha value is -1.02. The number of rotatable bonds is 11. The average Bonchev–Trinajstić information content (AvgIpc) is 3.64. The first-order chi connectivity index (χ1) is 24.5. The second kappa shape index (κ2) is 28.4. The molecule has 4 rings (SSSR count). The van der Waals surface area contributed by atoms with Crippen molar-refractivity contribution in [3.63, 3.8) is 0 Å². The minimum Gasteiger partial charge on any atom is -0.672 e. The molecule has 3 aromatic carbocycles. The van der Waals surface area contributed by atoms with Crippen molar-refractivity contribution in [2.24, 2.45) is 4.99 Å². The second-order valence-corrected chi connectivity index (χ2v) is 27.1. The molecule has 3 aromatic rings. The van der Waals surface area contributed by atoms with Crippen LogP contribution in [0.15, 0.2) is 71.7 Å². The summed E-state index contributed by atoms with van der Waals surface area (Å²) in [4.78, 5) is 5.32. The van der Waals surface area contributed by atoms with Crippen LogP contribution in [0.25, 0.3) is 9.96 Å². The first kappa shape index (κ1) is 52.0.